The molecule has 0 saturated heterocycles. The largest absolute Gasteiger partial charge is 0.378 e. The zero-order chi connectivity index (χ0) is 14.8. The number of carbonyl (C=O) groups excluding carboxylic acids is 1. The minimum Gasteiger partial charge on any atom is -0.378 e. The Balaban J connectivity index is 2.34. The molecular weight excluding hydrogens is 248 g/mol. The van der Waals surface area contributed by atoms with Crippen molar-refractivity contribution < 1.29 is 4.79 Å². The maximum absolute atomic E-state index is 10.7. The molecule has 0 saturated carbocycles. The lowest BCUT2D eigenvalue weighted by Gasteiger charge is -2.29. The van der Waals surface area contributed by atoms with Gasteiger partial charge in [0.05, 0.1) is 14.1 Å². The lowest BCUT2D eigenvalue weighted by molar-refractivity contribution is 0.112. The highest BCUT2D eigenvalue weighted by Crippen LogP contribution is 2.31. The number of carbonyl (C=O) groups is 1. The van der Waals surface area contributed by atoms with E-state index in [2.05, 4.69) is 43.3 Å². The monoisotopic (exact) mass is 269 g/mol. The summed E-state index contributed by atoms with van der Waals surface area (Å²) < 4.78 is 0.646. The summed E-state index contributed by atoms with van der Waals surface area (Å²) in [4.78, 5) is 12.8. The second kappa shape index (κ2) is 5.47. The van der Waals surface area contributed by atoms with Gasteiger partial charge in [-0.1, -0.05) is 0 Å². The van der Waals surface area contributed by atoms with Gasteiger partial charge in [0.15, 0.2) is 0 Å². The fraction of sp³-hybridized carbons (Fsp3) is 0.235. The van der Waals surface area contributed by atoms with Crippen molar-refractivity contribution in [3.8, 4) is 0 Å². The smallest absolute Gasteiger partial charge is 0.150 e. The van der Waals surface area contributed by atoms with Crippen molar-refractivity contribution in [2.45, 2.75) is 0 Å². The summed E-state index contributed by atoms with van der Waals surface area (Å²) >= 11 is 0. The molecule has 2 aromatic carbocycles. The highest BCUT2D eigenvalue weighted by molar-refractivity contribution is 5.76. The minimum atomic E-state index is 0.646. The third-order valence-electron chi connectivity index (χ3n) is 3.69. The molecule has 0 aliphatic rings. The van der Waals surface area contributed by atoms with Gasteiger partial charge in [-0.2, -0.15) is 0 Å². The number of rotatable bonds is 4. The molecule has 0 amide bonds. The van der Waals surface area contributed by atoms with E-state index in [-0.39, 0.29) is 0 Å². The van der Waals surface area contributed by atoms with Gasteiger partial charge >= 0.3 is 0 Å². The molecule has 2 rings (SSSR count). The van der Waals surface area contributed by atoms with Gasteiger partial charge in [-0.15, -0.1) is 0 Å². The first-order valence-electron chi connectivity index (χ1n) is 6.63. The highest BCUT2D eigenvalue weighted by Gasteiger charge is 2.22. The van der Waals surface area contributed by atoms with E-state index in [1.807, 2.05) is 38.4 Å². The highest BCUT2D eigenvalue weighted by atomic mass is 16.1. The Morgan fingerprint density at radius 3 is 1.70 bits per heavy atom. The molecule has 3 nitrogen and oxygen atoms in total. The average Bonchev–Trinajstić information content (AvgIpc) is 2.47. The van der Waals surface area contributed by atoms with Crippen molar-refractivity contribution in [1.82, 2.24) is 4.48 Å². The van der Waals surface area contributed by atoms with Crippen molar-refractivity contribution >= 4 is 23.3 Å². The van der Waals surface area contributed by atoms with Crippen molar-refractivity contribution in [1.29, 1.82) is 0 Å². The summed E-state index contributed by atoms with van der Waals surface area (Å²) in [6, 6.07) is 16.2. The lowest BCUT2D eigenvalue weighted by atomic mass is 10.1. The number of nitrogens with zero attached hydrogens (tertiary/aromatic N) is 2. The molecule has 0 aromatic heterocycles. The minimum absolute atomic E-state index is 0.646. The molecule has 20 heavy (non-hydrogen) atoms. The van der Waals surface area contributed by atoms with Crippen LogP contribution in [0.25, 0.3) is 0 Å². The van der Waals surface area contributed by atoms with E-state index >= 15 is 0 Å². The quantitative estimate of drug-likeness (QED) is 0.626. The van der Waals surface area contributed by atoms with Crippen LogP contribution in [0.3, 0.4) is 0 Å². The van der Waals surface area contributed by atoms with Crippen LogP contribution in [-0.4, -0.2) is 34.5 Å². The van der Waals surface area contributed by atoms with Gasteiger partial charge in [0.1, 0.15) is 17.7 Å². The van der Waals surface area contributed by atoms with Crippen molar-refractivity contribution in [3.63, 3.8) is 0 Å². The number of benzene rings is 2. The van der Waals surface area contributed by atoms with Gasteiger partial charge in [0, 0.05) is 49.6 Å². The van der Waals surface area contributed by atoms with Crippen LogP contribution in [0.2, 0.25) is 0 Å². The molecule has 104 valence electrons. The van der Waals surface area contributed by atoms with Crippen LogP contribution in [0.1, 0.15) is 10.4 Å². The summed E-state index contributed by atoms with van der Waals surface area (Å²) in [5.74, 6) is 0. The third-order valence-corrected chi connectivity index (χ3v) is 3.69. The standard InChI is InChI=1S/C17H21N2O/c1-18(2)15-7-11-17(12-8-15)19(3,4)16-9-5-14(13-20)6-10-16/h5-13H,1-4H3/q+1. The van der Waals surface area contributed by atoms with E-state index in [9.17, 15) is 4.79 Å². The van der Waals surface area contributed by atoms with Crippen molar-refractivity contribution in [2.24, 2.45) is 0 Å². The summed E-state index contributed by atoms with van der Waals surface area (Å²) in [5.41, 5.74) is 4.24. The van der Waals surface area contributed by atoms with Gasteiger partial charge < -0.3 is 4.90 Å². The van der Waals surface area contributed by atoms with Crippen LogP contribution in [0.5, 0.6) is 0 Å². The van der Waals surface area contributed by atoms with Crippen LogP contribution in [0, 0.1) is 0 Å². The molecular formula is C17H21N2O+. The first-order valence-corrected chi connectivity index (χ1v) is 6.63. The van der Waals surface area contributed by atoms with E-state index in [1.54, 1.807) is 0 Å². The number of hydrogen-bond donors (Lipinski definition) is 0. The maximum Gasteiger partial charge on any atom is 0.150 e. The molecule has 2 aromatic rings. The fourth-order valence-corrected chi connectivity index (χ4v) is 2.20. The second-order valence-electron chi connectivity index (χ2n) is 5.57. The first kappa shape index (κ1) is 14.3. The SMILES string of the molecule is CN(C)c1ccc([N+](C)(C)c2ccc(C=O)cc2)cc1. The van der Waals surface area contributed by atoms with Crippen LogP contribution in [0.15, 0.2) is 48.5 Å². The van der Waals surface area contributed by atoms with Gasteiger partial charge in [0.2, 0.25) is 0 Å². The summed E-state index contributed by atoms with van der Waals surface area (Å²) in [7, 11) is 8.35. The van der Waals surface area contributed by atoms with Gasteiger partial charge in [0.25, 0.3) is 0 Å². The van der Waals surface area contributed by atoms with Crippen molar-refractivity contribution in [3.05, 3.63) is 54.1 Å². The molecule has 0 unspecified atom stereocenters. The predicted octanol–water partition coefficient (Wildman–Crippen LogP) is 3.46. The molecule has 0 aliphatic carbocycles. The molecule has 0 heterocycles. The van der Waals surface area contributed by atoms with Crippen LogP contribution < -0.4 is 9.38 Å². The zero-order valence-corrected chi connectivity index (χ0v) is 12.5. The molecule has 0 atom stereocenters. The molecule has 0 N–H and O–H groups in total. The normalized spacial score (nSPS) is 11.2. The first-order chi connectivity index (χ1) is 9.45. The molecule has 0 fully saturated rings. The van der Waals surface area contributed by atoms with E-state index in [4.69, 9.17) is 0 Å². The van der Waals surface area contributed by atoms with E-state index in [0.29, 0.717) is 10.0 Å². The Morgan fingerprint density at radius 1 is 0.850 bits per heavy atom. The Labute approximate surface area is 120 Å². The van der Waals surface area contributed by atoms with Gasteiger partial charge in [-0.25, -0.2) is 0 Å². The Bertz CT molecular complexity index is 583. The van der Waals surface area contributed by atoms with E-state index < -0.39 is 0 Å². The second-order valence-corrected chi connectivity index (χ2v) is 5.57. The van der Waals surface area contributed by atoms with E-state index in [0.717, 1.165) is 12.0 Å². The molecule has 0 spiro atoms. The maximum atomic E-state index is 10.7. The zero-order valence-electron chi connectivity index (χ0n) is 12.5. The Hall–Kier alpha value is -2.13. The number of aldehydes is 1. The lowest BCUT2D eigenvalue weighted by Crippen LogP contribution is -2.34. The molecule has 0 radical (unpaired) electrons. The van der Waals surface area contributed by atoms with E-state index in [1.165, 1.54) is 11.4 Å². The Morgan fingerprint density at radius 2 is 1.30 bits per heavy atom. The van der Waals surface area contributed by atoms with Crippen LogP contribution in [0.4, 0.5) is 17.1 Å². The fourth-order valence-electron chi connectivity index (χ4n) is 2.20. The molecule has 0 aliphatic heterocycles. The number of quaternary nitrogens is 1. The third kappa shape index (κ3) is 2.73. The number of hydrogen-bond acceptors (Lipinski definition) is 2. The number of anilines is 1. The molecule has 3 heteroatoms. The van der Waals surface area contributed by atoms with Crippen molar-refractivity contribution in [2.75, 3.05) is 33.1 Å². The topological polar surface area (TPSA) is 20.3 Å². The van der Waals surface area contributed by atoms with Crippen LogP contribution in [-0.2, 0) is 0 Å². The summed E-state index contributed by atoms with van der Waals surface area (Å²) in [6.45, 7) is 0. The molecule has 0 bridgehead atoms. The summed E-state index contributed by atoms with van der Waals surface area (Å²) in [5, 5.41) is 0. The predicted molar refractivity (Wildman–Crippen MR) is 85.9 cm³/mol. The summed E-state index contributed by atoms with van der Waals surface area (Å²) in [6.07, 6.45) is 0.871. The van der Waals surface area contributed by atoms with Gasteiger partial charge in [-0.05, 0) is 24.3 Å². The average molecular weight is 269 g/mol. The van der Waals surface area contributed by atoms with Crippen LogP contribution >= 0.6 is 0 Å². The van der Waals surface area contributed by atoms with Gasteiger partial charge in [-0.3, -0.25) is 9.28 Å². The Kier molecular flexibility index (Phi) is 3.91.